The van der Waals surface area contributed by atoms with Crippen LogP contribution in [0.1, 0.15) is 25.8 Å². The van der Waals surface area contributed by atoms with Gasteiger partial charge in [-0.15, -0.1) is 0 Å². The lowest BCUT2D eigenvalue weighted by molar-refractivity contribution is 0.182. The zero-order valence-corrected chi connectivity index (χ0v) is 12.3. The van der Waals surface area contributed by atoms with Gasteiger partial charge < -0.3 is 10.6 Å². The van der Waals surface area contributed by atoms with Gasteiger partial charge in [-0.2, -0.15) is 0 Å². The van der Waals surface area contributed by atoms with Crippen LogP contribution in [-0.4, -0.2) is 19.6 Å². The van der Waals surface area contributed by atoms with Crippen molar-refractivity contribution in [3.8, 4) is 0 Å². The first-order valence-electron chi connectivity index (χ1n) is 6.65. The summed E-state index contributed by atoms with van der Waals surface area (Å²) in [5.74, 6) is 0.626. The Hall–Kier alpha value is -0.730. The molecule has 1 fully saturated rings. The molecule has 1 aliphatic rings. The van der Waals surface area contributed by atoms with Gasteiger partial charge in [-0.1, -0.05) is 25.4 Å². The molecule has 0 bridgehead atoms. The van der Waals surface area contributed by atoms with Crippen LogP contribution in [0.3, 0.4) is 0 Å². The third-order valence-electron chi connectivity index (χ3n) is 4.24. The van der Waals surface area contributed by atoms with E-state index in [0.717, 1.165) is 24.7 Å². The maximum atomic E-state index is 6.02. The number of benzene rings is 1. The lowest BCUT2D eigenvalue weighted by atomic mass is 9.74. The molecule has 0 aliphatic carbocycles. The highest BCUT2D eigenvalue weighted by Gasteiger charge is 2.35. The van der Waals surface area contributed by atoms with Gasteiger partial charge in [-0.3, -0.25) is 0 Å². The molecule has 3 heteroatoms. The third-order valence-corrected chi connectivity index (χ3v) is 4.47. The fourth-order valence-corrected chi connectivity index (χ4v) is 3.25. The third kappa shape index (κ3) is 2.65. The first kappa shape index (κ1) is 13.7. The molecule has 1 unspecified atom stereocenters. The number of nitrogens with zero attached hydrogens (tertiary/aromatic N) is 1. The Bertz CT molecular complexity index is 429. The van der Waals surface area contributed by atoms with Gasteiger partial charge in [0.1, 0.15) is 0 Å². The van der Waals surface area contributed by atoms with Crippen molar-refractivity contribution in [3.05, 3.63) is 28.8 Å². The molecular weight excluding hydrogens is 244 g/mol. The number of piperidine rings is 1. The minimum atomic E-state index is 0.277. The molecule has 1 aromatic carbocycles. The van der Waals surface area contributed by atoms with Crippen molar-refractivity contribution in [1.82, 2.24) is 0 Å². The predicted octanol–water partition coefficient (Wildman–Crippen LogP) is 3.46. The SMILES string of the molecule is Cc1cc(Cl)ccc1N1CCC(CN)C(C)(C)C1. The van der Waals surface area contributed by atoms with Gasteiger partial charge in [-0.05, 0) is 55.0 Å². The van der Waals surface area contributed by atoms with E-state index in [1.807, 2.05) is 12.1 Å². The molecule has 1 saturated heterocycles. The van der Waals surface area contributed by atoms with Crippen LogP contribution >= 0.6 is 11.6 Å². The van der Waals surface area contributed by atoms with E-state index in [0.29, 0.717) is 5.92 Å². The standard InChI is InChI=1S/C15H23ClN2/c1-11-8-13(16)4-5-14(11)18-7-6-12(9-17)15(2,3)10-18/h4-5,8,12H,6-7,9-10,17H2,1-3H3. The number of hydrogen-bond donors (Lipinski definition) is 1. The van der Waals surface area contributed by atoms with Crippen molar-refractivity contribution in [2.45, 2.75) is 27.2 Å². The second-order valence-electron chi connectivity index (χ2n) is 6.06. The molecule has 1 aromatic rings. The molecule has 0 amide bonds. The van der Waals surface area contributed by atoms with Gasteiger partial charge in [0, 0.05) is 23.8 Å². The van der Waals surface area contributed by atoms with E-state index in [1.165, 1.54) is 17.7 Å². The largest absolute Gasteiger partial charge is 0.371 e. The Labute approximate surface area is 115 Å². The minimum Gasteiger partial charge on any atom is -0.371 e. The van der Waals surface area contributed by atoms with Crippen molar-refractivity contribution in [2.24, 2.45) is 17.1 Å². The van der Waals surface area contributed by atoms with E-state index < -0.39 is 0 Å². The van der Waals surface area contributed by atoms with Crippen molar-refractivity contribution >= 4 is 17.3 Å². The predicted molar refractivity (Wildman–Crippen MR) is 79.3 cm³/mol. The minimum absolute atomic E-state index is 0.277. The lowest BCUT2D eigenvalue weighted by Gasteiger charge is -2.45. The van der Waals surface area contributed by atoms with Crippen LogP contribution in [0.4, 0.5) is 5.69 Å². The van der Waals surface area contributed by atoms with Crippen LogP contribution in [0.15, 0.2) is 18.2 Å². The van der Waals surface area contributed by atoms with Crippen LogP contribution in [0.2, 0.25) is 5.02 Å². The second-order valence-corrected chi connectivity index (χ2v) is 6.50. The van der Waals surface area contributed by atoms with Crippen molar-refractivity contribution in [3.63, 3.8) is 0 Å². The highest BCUT2D eigenvalue weighted by molar-refractivity contribution is 6.30. The number of anilines is 1. The maximum Gasteiger partial charge on any atom is 0.0410 e. The van der Waals surface area contributed by atoms with Crippen LogP contribution < -0.4 is 10.6 Å². The van der Waals surface area contributed by atoms with E-state index in [4.69, 9.17) is 17.3 Å². The monoisotopic (exact) mass is 266 g/mol. The molecule has 1 atom stereocenters. The molecule has 0 spiro atoms. The highest BCUT2D eigenvalue weighted by atomic mass is 35.5. The summed E-state index contributed by atoms with van der Waals surface area (Å²) >= 11 is 6.02. The van der Waals surface area contributed by atoms with E-state index in [9.17, 15) is 0 Å². The fraction of sp³-hybridized carbons (Fsp3) is 0.600. The van der Waals surface area contributed by atoms with Gasteiger partial charge in [0.15, 0.2) is 0 Å². The Morgan fingerprint density at radius 2 is 2.17 bits per heavy atom. The van der Waals surface area contributed by atoms with Crippen molar-refractivity contribution in [1.29, 1.82) is 0 Å². The summed E-state index contributed by atoms with van der Waals surface area (Å²) in [7, 11) is 0. The summed E-state index contributed by atoms with van der Waals surface area (Å²) in [5, 5.41) is 0.812. The zero-order valence-electron chi connectivity index (χ0n) is 11.5. The number of rotatable bonds is 2. The molecular formula is C15H23ClN2. The first-order chi connectivity index (χ1) is 8.44. The normalized spacial score (nSPS) is 23.2. The number of hydrogen-bond acceptors (Lipinski definition) is 2. The summed E-state index contributed by atoms with van der Waals surface area (Å²) in [6, 6.07) is 6.15. The van der Waals surface area contributed by atoms with Gasteiger partial charge in [-0.25, -0.2) is 0 Å². The van der Waals surface area contributed by atoms with Crippen molar-refractivity contribution in [2.75, 3.05) is 24.5 Å². The Morgan fingerprint density at radius 3 is 2.72 bits per heavy atom. The molecule has 0 radical (unpaired) electrons. The average Bonchev–Trinajstić information content (AvgIpc) is 2.27. The Morgan fingerprint density at radius 1 is 1.44 bits per heavy atom. The quantitative estimate of drug-likeness (QED) is 0.888. The van der Waals surface area contributed by atoms with Crippen LogP contribution in [0, 0.1) is 18.3 Å². The smallest absolute Gasteiger partial charge is 0.0410 e. The maximum absolute atomic E-state index is 6.02. The summed E-state index contributed by atoms with van der Waals surface area (Å²) in [6.07, 6.45) is 1.17. The molecule has 1 aliphatic heterocycles. The average molecular weight is 267 g/mol. The van der Waals surface area contributed by atoms with Gasteiger partial charge in [0.2, 0.25) is 0 Å². The van der Waals surface area contributed by atoms with Crippen LogP contribution in [0.5, 0.6) is 0 Å². The Balaban J connectivity index is 2.21. The summed E-state index contributed by atoms with van der Waals surface area (Å²) in [4.78, 5) is 2.47. The fourth-order valence-electron chi connectivity index (χ4n) is 3.02. The van der Waals surface area contributed by atoms with E-state index in [1.54, 1.807) is 0 Å². The lowest BCUT2D eigenvalue weighted by Crippen LogP contribution is -2.48. The number of aryl methyl sites for hydroxylation is 1. The number of halogens is 1. The van der Waals surface area contributed by atoms with Crippen molar-refractivity contribution < 1.29 is 0 Å². The van der Waals surface area contributed by atoms with Gasteiger partial charge >= 0.3 is 0 Å². The molecule has 2 nitrogen and oxygen atoms in total. The molecule has 100 valence electrons. The summed E-state index contributed by atoms with van der Waals surface area (Å²) in [5.41, 5.74) is 8.72. The van der Waals surface area contributed by atoms with E-state index in [2.05, 4.69) is 31.7 Å². The topological polar surface area (TPSA) is 29.3 Å². The number of nitrogens with two attached hydrogens (primary N) is 1. The van der Waals surface area contributed by atoms with Crippen LogP contribution in [0.25, 0.3) is 0 Å². The van der Waals surface area contributed by atoms with E-state index >= 15 is 0 Å². The molecule has 1 heterocycles. The molecule has 0 aromatic heterocycles. The van der Waals surface area contributed by atoms with Crippen LogP contribution in [-0.2, 0) is 0 Å². The van der Waals surface area contributed by atoms with E-state index in [-0.39, 0.29) is 5.41 Å². The molecule has 18 heavy (non-hydrogen) atoms. The first-order valence-corrected chi connectivity index (χ1v) is 7.03. The summed E-state index contributed by atoms with van der Waals surface area (Å²) < 4.78 is 0. The molecule has 0 saturated carbocycles. The molecule has 2 N–H and O–H groups in total. The Kier molecular flexibility index (Phi) is 3.88. The zero-order chi connectivity index (χ0) is 13.3. The highest BCUT2D eigenvalue weighted by Crippen LogP contribution is 2.37. The van der Waals surface area contributed by atoms with Gasteiger partial charge in [0.25, 0.3) is 0 Å². The second kappa shape index (κ2) is 5.10. The molecule has 2 rings (SSSR count). The van der Waals surface area contributed by atoms with Gasteiger partial charge in [0.05, 0.1) is 0 Å². The summed E-state index contributed by atoms with van der Waals surface area (Å²) in [6.45, 7) is 9.72.